The molecule has 1 N–H and O–H groups in total. The number of piperidine rings is 1. The number of carbonyl (C=O) groups excluding carboxylic acids is 1. The van der Waals surface area contributed by atoms with Gasteiger partial charge in [-0.3, -0.25) is 4.79 Å². The van der Waals surface area contributed by atoms with E-state index in [2.05, 4.69) is 17.3 Å². The van der Waals surface area contributed by atoms with Gasteiger partial charge in [0, 0.05) is 31.6 Å². The quantitative estimate of drug-likeness (QED) is 0.867. The zero-order valence-electron chi connectivity index (χ0n) is 14.5. The molecule has 6 fully saturated rings. The van der Waals surface area contributed by atoms with Gasteiger partial charge in [-0.1, -0.05) is 0 Å². The lowest BCUT2D eigenvalue weighted by atomic mass is 9.54. The average molecular weight is 316 g/mol. The van der Waals surface area contributed by atoms with Crippen LogP contribution in [0.2, 0.25) is 0 Å². The van der Waals surface area contributed by atoms with Crippen LogP contribution in [-0.4, -0.2) is 36.0 Å². The van der Waals surface area contributed by atoms with Crippen LogP contribution in [0.15, 0.2) is 0 Å². The molecule has 6 bridgehead atoms. The first-order valence-electron chi connectivity index (χ1n) is 10.2. The van der Waals surface area contributed by atoms with Crippen molar-refractivity contribution in [3.63, 3.8) is 0 Å². The highest BCUT2D eigenvalue weighted by atomic mass is 16.2. The SMILES string of the molecule is CN(C(=O)CC1CC2CCC(C1)N2)C1C2CC3CC(C2)CC1C3. The van der Waals surface area contributed by atoms with E-state index >= 15 is 0 Å². The molecule has 0 aromatic rings. The second kappa shape index (κ2) is 5.47. The van der Waals surface area contributed by atoms with Crippen LogP contribution in [0.5, 0.6) is 0 Å². The van der Waals surface area contributed by atoms with Crippen LogP contribution >= 0.6 is 0 Å². The Kier molecular flexibility index (Phi) is 3.51. The van der Waals surface area contributed by atoms with Crippen LogP contribution in [0.25, 0.3) is 0 Å². The fourth-order valence-corrected chi connectivity index (χ4v) is 7.43. The van der Waals surface area contributed by atoms with Gasteiger partial charge in [-0.2, -0.15) is 0 Å². The van der Waals surface area contributed by atoms with Gasteiger partial charge >= 0.3 is 0 Å². The first-order chi connectivity index (χ1) is 11.2. The van der Waals surface area contributed by atoms with Gasteiger partial charge in [0.15, 0.2) is 0 Å². The Labute approximate surface area is 140 Å². The summed E-state index contributed by atoms with van der Waals surface area (Å²) in [5, 5.41) is 3.70. The molecule has 0 aromatic carbocycles. The number of hydrogen-bond acceptors (Lipinski definition) is 2. The van der Waals surface area contributed by atoms with E-state index in [1.807, 2.05) is 0 Å². The summed E-state index contributed by atoms with van der Waals surface area (Å²) in [7, 11) is 2.13. The van der Waals surface area contributed by atoms with Gasteiger partial charge in [0.2, 0.25) is 5.91 Å². The molecule has 0 spiro atoms. The van der Waals surface area contributed by atoms with Gasteiger partial charge in [-0.15, -0.1) is 0 Å². The molecular weight excluding hydrogens is 284 g/mol. The normalized spacial score (nSPS) is 50.3. The van der Waals surface area contributed by atoms with Crippen LogP contribution in [0.4, 0.5) is 0 Å². The standard InChI is InChI=1S/C20H32N2O/c1-22(19(23)11-14-9-17-2-3-18(10-14)21-17)20-15-5-12-4-13(7-15)8-16(20)6-12/h12-18,20-21H,2-11H2,1H3. The van der Waals surface area contributed by atoms with Crippen LogP contribution in [0.3, 0.4) is 0 Å². The number of amides is 1. The largest absolute Gasteiger partial charge is 0.342 e. The Bertz CT molecular complexity index is 450. The number of rotatable bonds is 3. The summed E-state index contributed by atoms with van der Waals surface area (Å²) in [4.78, 5) is 15.2. The molecule has 3 nitrogen and oxygen atoms in total. The highest BCUT2D eigenvalue weighted by Gasteiger charge is 2.50. The number of carbonyl (C=O) groups is 1. The van der Waals surface area contributed by atoms with Gasteiger partial charge in [0.05, 0.1) is 0 Å². The van der Waals surface area contributed by atoms with Crippen molar-refractivity contribution in [1.82, 2.24) is 10.2 Å². The van der Waals surface area contributed by atoms with Crippen molar-refractivity contribution in [3.05, 3.63) is 0 Å². The third-order valence-electron chi connectivity index (χ3n) is 8.05. The second-order valence-electron chi connectivity index (χ2n) is 9.61. The minimum Gasteiger partial charge on any atom is -0.342 e. The maximum absolute atomic E-state index is 13.0. The van der Waals surface area contributed by atoms with Crippen molar-refractivity contribution in [1.29, 1.82) is 0 Å². The monoisotopic (exact) mass is 316 g/mol. The number of hydrogen-bond donors (Lipinski definition) is 1. The van der Waals surface area contributed by atoms with Crippen LogP contribution in [0, 0.1) is 29.6 Å². The third kappa shape index (κ3) is 2.54. The van der Waals surface area contributed by atoms with Crippen LogP contribution < -0.4 is 5.32 Å². The van der Waals surface area contributed by atoms with Crippen molar-refractivity contribution in [3.8, 4) is 0 Å². The summed E-state index contributed by atoms with van der Waals surface area (Å²) in [6.07, 6.45) is 13.1. The van der Waals surface area contributed by atoms with Gasteiger partial charge in [0.25, 0.3) is 0 Å². The Balaban J connectivity index is 1.24. The van der Waals surface area contributed by atoms with Gasteiger partial charge in [0.1, 0.15) is 0 Å². The molecular formula is C20H32N2O. The molecule has 3 heteroatoms. The van der Waals surface area contributed by atoms with Gasteiger partial charge < -0.3 is 10.2 Å². The molecule has 23 heavy (non-hydrogen) atoms. The predicted molar refractivity (Wildman–Crippen MR) is 90.9 cm³/mol. The highest BCUT2D eigenvalue weighted by Crippen LogP contribution is 2.55. The Morgan fingerprint density at radius 3 is 2.04 bits per heavy atom. The number of fused-ring (bicyclic) bond motifs is 2. The molecule has 6 aliphatic rings. The van der Waals surface area contributed by atoms with Crippen molar-refractivity contribution < 1.29 is 4.79 Å². The summed E-state index contributed by atoms with van der Waals surface area (Å²) in [6, 6.07) is 1.99. The molecule has 2 heterocycles. The fourth-order valence-electron chi connectivity index (χ4n) is 7.43. The second-order valence-corrected chi connectivity index (χ2v) is 9.61. The van der Waals surface area contributed by atoms with E-state index in [1.165, 1.54) is 57.8 Å². The van der Waals surface area contributed by atoms with Crippen molar-refractivity contribution in [2.24, 2.45) is 29.6 Å². The van der Waals surface area contributed by atoms with Crippen LogP contribution in [0.1, 0.15) is 64.2 Å². The molecule has 2 saturated heterocycles. The molecule has 2 aliphatic heterocycles. The lowest BCUT2D eigenvalue weighted by Crippen LogP contribution is -2.56. The molecule has 0 aromatic heterocycles. The highest BCUT2D eigenvalue weighted by molar-refractivity contribution is 5.76. The van der Waals surface area contributed by atoms with Crippen LogP contribution in [-0.2, 0) is 4.79 Å². The minimum absolute atomic E-state index is 0.453. The van der Waals surface area contributed by atoms with Crippen molar-refractivity contribution >= 4 is 5.91 Å². The predicted octanol–water partition coefficient (Wildman–Crippen LogP) is 3.19. The maximum Gasteiger partial charge on any atom is 0.222 e. The zero-order chi connectivity index (χ0) is 15.6. The summed E-state index contributed by atoms with van der Waals surface area (Å²) < 4.78 is 0. The van der Waals surface area contributed by atoms with E-state index in [9.17, 15) is 4.79 Å². The van der Waals surface area contributed by atoms with E-state index in [4.69, 9.17) is 0 Å². The fraction of sp³-hybridized carbons (Fsp3) is 0.950. The summed E-state index contributed by atoms with van der Waals surface area (Å²) >= 11 is 0. The Hall–Kier alpha value is -0.570. The first kappa shape index (κ1) is 14.7. The summed E-state index contributed by atoms with van der Waals surface area (Å²) in [5.74, 6) is 4.73. The minimum atomic E-state index is 0.453. The molecule has 2 unspecified atom stereocenters. The Morgan fingerprint density at radius 2 is 1.48 bits per heavy atom. The lowest BCUT2D eigenvalue weighted by molar-refractivity contribution is -0.142. The Morgan fingerprint density at radius 1 is 0.913 bits per heavy atom. The molecule has 4 aliphatic carbocycles. The smallest absolute Gasteiger partial charge is 0.222 e. The third-order valence-corrected chi connectivity index (χ3v) is 8.05. The molecule has 128 valence electrons. The summed E-state index contributed by atoms with van der Waals surface area (Å²) in [5.41, 5.74) is 0. The van der Waals surface area contributed by atoms with E-state index in [-0.39, 0.29) is 0 Å². The van der Waals surface area contributed by atoms with Gasteiger partial charge in [-0.05, 0) is 87.4 Å². The molecule has 2 atom stereocenters. The number of nitrogens with one attached hydrogen (secondary N) is 1. The van der Waals surface area contributed by atoms with E-state index in [0.29, 0.717) is 30.0 Å². The molecule has 0 radical (unpaired) electrons. The van der Waals surface area contributed by atoms with E-state index < -0.39 is 0 Å². The molecule has 4 saturated carbocycles. The van der Waals surface area contributed by atoms with E-state index in [0.717, 1.165) is 30.1 Å². The van der Waals surface area contributed by atoms with Crippen molar-refractivity contribution in [2.45, 2.75) is 82.3 Å². The first-order valence-corrected chi connectivity index (χ1v) is 10.2. The van der Waals surface area contributed by atoms with Crippen molar-refractivity contribution in [2.75, 3.05) is 7.05 Å². The zero-order valence-corrected chi connectivity index (χ0v) is 14.5. The summed E-state index contributed by atoms with van der Waals surface area (Å²) in [6.45, 7) is 0. The average Bonchev–Trinajstić information content (AvgIpc) is 2.84. The van der Waals surface area contributed by atoms with Gasteiger partial charge in [-0.25, -0.2) is 0 Å². The van der Waals surface area contributed by atoms with E-state index in [1.54, 1.807) is 0 Å². The molecule has 6 rings (SSSR count). The maximum atomic E-state index is 13.0. The molecule has 1 amide bonds. The lowest BCUT2D eigenvalue weighted by Gasteiger charge is -2.56. The topological polar surface area (TPSA) is 32.3 Å². The number of nitrogens with zero attached hydrogens (tertiary/aromatic N) is 1.